The number of nitrogens with one attached hydrogen (secondary N) is 1. The van der Waals surface area contributed by atoms with E-state index >= 15 is 0 Å². The van der Waals surface area contributed by atoms with Crippen LogP contribution in [-0.4, -0.2) is 19.1 Å². The highest BCUT2D eigenvalue weighted by atomic mass is 19.4. The normalized spacial score (nSPS) is 15.3. The molecule has 1 aromatic carbocycles. The van der Waals surface area contributed by atoms with Crippen LogP contribution >= 0.6 is 0 Å². The van der Waals surface area contributed by atoms with E-state index in [9.17, 15) is 18.0 Å². The zero-order valence-corrected chi connectivity index (χ0v) is 9.67. The van der Waals surface area contributed by atoms with Crippen molar-refractivity contribution >= 4 is 5.91 Å². The number of halogens is 3. The second-order valence-electron chi connectivity index (χ2n) is 4.16. The Morgan fingerprint density at radius 1 is 1.39 bits per heavy atom. The molecule has 1 fully saturated rings. The Morgan fingerprint density at radius 2 is 2.06 bits per heavy atom. The summed E-state index contributed by atoms with van der Waals surface area (Å²) in [5.41, 5.74) is -1.34. The summed E-state index contributed by atoms with van der Waals surface area (Å²) in [7, 11) is 1.28. The summed E-state index contributed by atoms with van der Waals surface area (Å²) in [6.45, 7) is 0. The maximum Gasteiger partial charge on any atom is 0.417 e. The van der Waals surface area contributed by atoms with Gasteiger partial charge in [0.1, 0.15) is 5.75 Å². The number of hydrogen-bond acceptors (Lipinski definition) is 2. The molecule has 0 bridgehead atoms. The largest absolute Gasteiger partial charge is 0.497 e. The van der Waals surface area contributed by atoms with Gasteiger partial charge in [-0.05, 0) is 31.0 Å². The van der Waals surface area contributed by atoms with Crippen molar-refractivity contribution in [2.24, 2.45) is 0 Å². The first-order valence-electron chi connectivity index (χ1n) is 5.48. The van der Waals surface area contributed by atoms with Gasteiger partial charge in [-0.25, -0.2) is 0 Å². The molecular weight excluding hydrogens is 247 g/mol. The van der Waals surface area contributed by atoms with Gasteiger partial charge in [0.2, 0.25) is 0 Å². The Balaban J connectivity index is 2.35. The van der Waals surface area contributed by atoms with Crippen LogP contribution in [0.1, 0.15) is 28.8 Å². The molecule has 2 rings (SSSR count). The first-order chi connectivity index (χ1) is 8.41. The van der Waals surface area contributed by atoms with Gasteiger partial charge in [0, 0.05) is 6.04 Å². The van der Waals surface area contributed by atoms with Crippen LogP contribution in [0.4, 0.5) is 13.2 Å². The van der Waals surface area contributed by atoms with E-state index in [-0.39, 0.29) is 17.4 Å². The fraction of sp³-hybridized carbons (Fsp3) is 0.417. The fourth-order valence-electron chi connectivity index (χ4n) is 1.57. The lowest BCUT2D eigenvalue weighted by Gasteiger charge is -2.14. The number of rotatable bonds is 3. The number of alkyl halides is 3. The molecule has 1 aliphatic carbocycles. The summed E-state index contributed by atoms with van der Waals surface area (Å²) in [6.07, 6.45) is -2.93. The second-order valence-corrected chi connectivity index (χ2v) is 4.16. The Labute approximate surface area is 102 Å². The summed E-state index contributed by atoms with van der Waals surface area (Å²) in [4.78, 5) is 11.7. The molecule has 1 saturated carbocycles. The van der Waals surface area contributed by atoms with Gasteiger partial charge in [0.05, 0.1) is 18.2 Å². The van der Waals surface area contributed by atoms with E-state index in [1.54, 1.807) is 0 Å². The van der Waals surface area contributed by atoms with Gasteiger partial charge in [-0.2, -0.15) is 13.2 Å². The molecule has 0 radical (unpaired) electrons. The summed E-state index contributed by atoms with van der Waals surface area (Å²) < 4.78 is 43.3. The minimum atomic E-state index is -4.58. The number of carbonyl (C=O) groups excluding carboxylic acids is 1. The van der Waals surface area contributed by atoms with Crippen molar-refractivity contribution in [1.29, 1.82) is 0 Å². The van der Waals surface area contributed by atoms with Crippen LogP contribution in [0.25, 0.3) is 0 Å². The summed E-state index contributed by atoms with van der Waals surface area (Å²) in [5.74, 6) is -0.613. The SMILES string of the molecule is COc1ccc(C(=O)NC2CC2)c(C(F)(F)F)c1. The molecule has 0 heterocycles. The van der Waals surface area contributed by atoms with Crippen LogP contribution in [0.2, 0.25) is 0 Å². The van der Waals surface area contributed by atoms with Gasteiger partial charge in [-0.15, -0.1) is 0 Å². The van der Waals surface area contributed by atoms with Gasteiger partial charge in [0.15, 0.2) is 0 Å². The van der Waals surface area contributed by atoms with Gasteiger partial charge in [-0.1, -0.05) is 0 Å². The molecule has 1 amide bonds. The van der Waals surface area contributed by atoms with E-state index in [1.165, 1.54) is 13.2 Å². The minimum absolute atomic E-state index is 0.0145. The van der Waals surface area contributed by atoms with Crippen molar-refractivity contribution in [2.45, 2.75) is 25.1 Å². The number of carbonyl (C=O) groups is 1. The van der Waals surface area contributed by atoms with Crippen LogP contribution < -0.4 is 10.1 Å². The zero-order chi connectivity index (χ0) is 13.3. The average molecular weight is 259 g/mol. The molecule has 1 N–H and O–H groups in total. The molecule has 1 aliphatic rings. The first-order valence-corrected chi connectivity index (χ1v) is 5.48. The number of amides is 1. The molecule has 3 nitrogen and oxygen atoms in total. The highest BCUT2D eigenvalue weighted by Gasteiger charge is 2.36. The Kier molecular flexibility index (Phi) is 3.19. The standard InChI is InChI=1S/C12H12F3NO2/c1-18-8-4-5-9(10(6-8)12(13,14)15)11(17)16-7-2-3-7/h4-7H,2-3H2,1H3,(H,16,17). The Morgan fingerprint density at radius 3 is 2.56 bits per heavy atom. The lowest BCUT2D eigenvalue weighted by molar-refractivity contribution is -0.138. The van der Waals surface area contributed by atoms with Crippen LogP contribution in [0, 0.1) is 0 Å². The van der Waals surface area contributed by atoms with Crippen molar-refractivity contribution in [3.05, 3.63) is 29.3 Å². The van der Waals surface area contributed by atoms with Crippen molar-refractivity contribution in [2.75, 3.05) is 7.11 Å². The summed E-state index contributed by atoms with van der Waals surface area (Å²) in [6, 6.07) is 3.33. The van der Waals surface area contributed by atoms with E-state index in [4.69, 9.17) is 4.74 Å². The quantitative estimate of drug-likeness (QED) is 0.906. The van der Waals surface area contributed by atoms with Crippen molar-refractivity contribution in [3.8, 4) is 5.75 Å². The summed E-state index contributed by atoms with van der Waals surface area (Å²) in [5, 5.41) is 2.54. The number of methoxy groups -OCH3 is 1. The molecule has 6 heteroatoms. The monoisotopic (exact) mass is 259 g/mol. The zero-order valence-electron chi connectivity index (χ0n) is 9.67. The minimum Gasteiger partial charge on any atom is -0.497 e. The highest BCUT2D eigenvalue weighted by Crippen LogP contribution is 2.34. The highest BCUT2D eigenvalue weighted by molar-refractivity contribution is 5.96. The fourth-order valence-corrected chi connectivity index (χ4v) is 1.57. The van der Waals surface area contributed by atoms with Crippen molar-refractivity contribution < 1.29 is 22.7 Å². The van der Waals surface area contributed by atoms with E-state index in [0.29, 0.717) is 0 Å². The lowest BCUT2D eigenvalue weighted by Crippen LogP contribution is -2.28. The van der Waals surface area contributed by atoms with E-state index in [2.05, 4.69) is 5.32 Å². The second kappa shape index (κ2) is 4.51. The van der Waals surface area contributed by atoms with Crippen LogP contribution in [-0.2, 0) is 6.18 Å². The molecule has 0 aliphatic heterocycles. The van der Waals surface area contributed by atoms with Crippen molar-refractivity contribution in [1.82, 2.24) is 5.32 Å². The van der Waals surface area contributed by atoms with E-state index in [1.807, 2.05) is 0 Å². The van der Waals surface area contributed by atoms with Crippen LogP contribution in [0.15, 0.2) is 18.2 Å². The molecule has 1 aromatic rings. The van der Waals surface area contributed by atoms with E-state index in [0.717, 1.165) is 25.0 Å². The predicted molar refractivity (Wildman–Crippen MR) is 58.5 cm³/mol. The number of benzene rings is 1. The first kappa shape index (κ1) is 12.7. The molecular formula is C12H12F3NO2. The van der Waals surface area contributed by atoms with Gasteiger partial charge >= 0.3 is 6.18 Å². The predicted octanol–water partition coefficient (Wildman–Crippen LogP) is 2.61. The smallest absolute Gasteiger partial charge is 0.417 e. The van der Waals surface area contributed by atoms with Gasteiger partial charge < -0.3 is 10.1 Å². The molecule has 18 heavy (non-hydrogen) atoms. The van der Waals surface area contributed by atoms with Gasteiger partial charge in [-0.3, -0.25) is 4.79 Å². The van der Waals surface area contributed by atoms with E-state index < -0.39 is 17.6 Å². The molecule has 0 aromatic heterocycles. The third kappa shape index (κ3) is 2.75. The Hall–Kier alpha value is -1.72. The maximum absolute atomic E-state index is 12.8. The summed E-state index contributed by atoms with van der Waals surface area (Å²) >= 11 is 0. The number of ether oxygens (including phenoxy) is 1. The molecule has 0 atom stereocenters. The number of hydrogen-bond donors (Lipinski definition) is 1. The van der Waals surface area contributed by atoms with Gasteiger partial charge in [0.25, 0.3) is 5.91 Å². The molecule has 0 saturated heterocycles. The van der Waals surface area contributed by atoms with Crippen LogP contribution in [0.5, 0.6) is 5.75 Å². The third-order valence-corrected chi connectivity index (χ3v) is 2.69. The van der Waals surface area contributed by atoms with Crippen LogP contribution in [0.3, 0.4) is 0 Å². The van der Waals surface area contributed by atoms with Crippen molar-refractivity contribution in [3.63, 3.8) is 0 Å². The lowest BCUT2D eigenvalue weighted by atomic mass is 10.1. The third-order valence-electron chi connectivity index (χ3n) is 2.69. The molecule has 0 spiro atoms. The Bertz CT molecular complexity index is 467. The molecule has 98 valence electrons. The maximum atomic E-state index is 12.8. The average Bonchev–Trinajstić information content (AvgIpc) is 3.11. The topological polar surface area (TPSA) is 38.3 Å². The molecule has 0 unspecified atom stereocenters.